The largest absolute Gasteiger partial charge is 0.550 e. The smallest absolute Gasteiger partial charge is 0.0447 e. The normalized spacial score (nSPS) is 12.4. The topological polar surface area (TPSA) is 40.1 Å². The average molecular weight is 228 g/mol. The first-order valence-electron chi connectivity index (χ1n) is 3.59. The second kappa shape index (κ2) is 4.26. The molecule has 0 N–H and O–H groups in total. The van der Waals surface area contributed by atoms with E-state index >= 15 is 0 Å². The van der Waals surface area contributed by atoms with E-state index in [1.807, 2.05) is 30.3 Å². The Bertz CT molecular complexity index is 258. The van der Waals surface area contributed by atoms with Gasteiger partial charge in [0.05, 0.1) is 0 Å². The summed E-state index contributed by atoms with van der Waals surface area (Å²) in [6.45, 7) is 0. The first kappa shape index (κ1) is 9.26. The molecule has 64 valence electrons. The van der Waals surface area contributed by atoms with Crippen LogP contribution in [0.3, 0.4) is 0 Å². The molecule has 0 aliphatic carbocycles. The molecule has 1 aromatic carbocycles. The number of halogens is 1. The predicted molar refractivity (Wildman–Crippen MR) is 47.7 cm³/mol. The maximum absolute atomic E-state index is 10.2. The number of carbonyl (C=O) groups is 1. The number of hydrogen-bond acceptors (Lipinski definition) is 2. The first-order valence-corrected chi connectivity index (χ1v) is 4.50. The monoisotopic (exact) mass is 227 g/mol. The van der Waals surface area contributed by atoms with Gasteiger partial charge < -0.3 is 9.90 Å². The summed E-state index contributed by atoms with van der Waals surface area (Å²) in [5.41, 5.74) is 0.960. The molecule has 0 aliphatic rings. The lowest BCUT2D eigenvalue weighted by atomic mass is 10.1. The minimum absolute atomic E-state index is 0.00398. The van der Waals surface area contributed by atoms with Crippen molar-refractivity contribution in [2.45, 2.75) is 11.2 Å². The molecule has 2 nitrogen and oxygen atoms in total. The Labute approximate surface area is 79.3 Å². The minimum atomic E-state index is -1.04. The van der Waals surface area contributed by atoms with Crippen molar-refractivity contribution < 1.29 is 9.90 Å². The van der Waals surface area contributed by atoms with E-state index in [0.29, 0.717) is 0 Å². The van der Waals surface area contributed by atoms with Crippen molar-refractivity contribution in [3.8, 4) is 0 Å². The van der Waals surface area contributed by atoms with Crippen LogP contribution in [-0.2, 0) is 4.79 Å². The maximum Gasteiger partial charge on any atom is 0.0447 e. The quantitative estimate of drug-likeness (QED) is 0.730. The Morgan fingerprint density at radius 1 is 1.42 bits per heavy atom. The average Bonchev–Trinajstić information content (AvgIpc) is 2.05. The summed E-state index contributed by atoms with van der Waals surface area (Å²) in [7, 11) is 0. The van der Waals surface area contributed by atoms with Gasteiger partial charge in [-0.15, -0.1) is 0 Å². The summed E-state index contributed by atoms with van der Waals surface area (Å²) in [5.74, 6) is -1.04. The van der Waals surface area contributed by atoms with E-state index in [1.54, 1.807) is 0 Å². The molecule has 0 spiro atoms. The molecule has 0 amide bonds. The van der Waals surface area contributed by atoms with Crippen LogP contribution in [0.2, 0.25) is 0 Å². The van der Waals surface area contributed by atoms with Crippen LogP contribution >= 0.6 is 15.9 Å². The molecule has 3 heteroatoms. The minimum Gasteiger partial charge on any atom is -0.550 e. The molecule has 0 saturated heterocycles. The summed E-state index contributed by atoms with van der Waals surface area (Å²) in [5, 5.41) is 10.2. The molecular weight excluding hydrogens is 220 g/mol. The zero-order valence-corrected chi connectivity index (χ0v) is 7.95. The number of rotatable bonds is 3. The molecule has 12 heavy (non-hydrogen) atoms. The third-order valence-electron chi connectivity index (χ3n) is 1.51. The van der Waals surface area contributed by atoms with Crippen LogP contribution < -0.4 is 5.11 Å². The summed E-state index contributed by atoms with van der Waals surface area (Å²) in [4.78, 5) is 10.1. The van der Waals surface area contributed by atoms with E-state index < -0.39 is 5.97 Å². The summed E-state index contributed by atoms with van der Waals surface area (Å²) in [6, 6.07) is 9.39. The lowest BCUT2D eigenvalue weighted by Crippen LogP contribution is -2.23. The fourth-order valence-electron chi connectivity index (χ4n) is 0.926. The van der Waals surface area contributed by atoms with E-state index in [-0.39, 0.29) is 11.2 Å². The van der Waals surface area contributed by atoms with Crippen molar-refractivity contribution in [2.75, 3.05) is 0 Å². The number of carboxylic acids is 1. The van der Waals surface area contributed by atoms with Gasteiger partial charge in [-0.25, -0.2) is 0 Å². The summed E-state index contributed by atoms with van der Waals surface area (Å²) in [6.07, 6.45) is 0.00398. The fraction of sp³-hybridized carbons (Fsp3) is 0.222. The van der Waals surface area contributed by atoms with Crippen LogP contribution in [0.15, 0.2) is 30.3 Å². The molecule has 1 aromatic rings. The maximum atomic E-state index is 10.2. The standard InChI is InChI=1S/C9H9BrO2/c10-8(6-9(11)12)7-4-2-1-3-5-7/h1-5,8H,6H2,(H,11,12)/p-1/t8-/m1/s1. The Morgan fingerprint density at radius 2 is 2.00 bits per heavy atom. The van der Waals surface area contributed by atoms with Gasteiger partial charge in [-0.3, -0.25) is 0 Å². The van der Waals surface area contributed by atoms with Crippen LogP contribution in [0.1, 0.15) is 16.8 Å². The van der Waals surface area contributed by atoms with Crippen molar-refractivity contribution >= 4 is 21.9 Å². The number of alkyl halides is 1. The van der Waals surface area contributed by atoms with Gasteiger partial charge in [0.1, 0.15) is 0 Å². The van der Waals surface area contributed by atoms with E-state index in [1.165, 1.54) is 0 Å². The number of carbonyl (C=O) groups excluding carboxylic acids is 1. The molecule has 0 saturated carbocycles. The van der Waals surface area contributed by atoms with Gasteiger partial charge in [0.15, 0.2) is 0 Å². The lowest BCUT2D eigenvalue weighted by molar-refractivity contribution is -0.305. The molecule has 0 aromatic heterocycles. The SMILES string of the molecule is O=C([O-])C[C@@H](Br)c1ccccc1. The van der Waals surface area contributed by atoms with Crippen LogP contribution in [0.25, 0.3) is 0 Å². The second-order valence-electron chi connectivity index (χ2n) is 2.45. The van der Waals surface area contributed by atoms with Crippen molar-refractivity contribution in [2.24, 2.45) is 0 Å². The Hall–Kier alpha value is -0.830. The van der Waals surface area contributed by atoms with Crippen LogP contribution in [0, 0.1) is 0 Å². The summed E-state index contributed by atoms with van der Waals surface area (Å²) < 4.78 is 0. The highest BCUT2D eigenvalue weighted by Crippen LogP contribution is 2.25. The van der Waals surface area contributed by atoms with Gasteiger partial charge in [0.2, 0.25) is 0 Å². The predicted octanol–water partition coefficient (Wildman–Crippen LogP) is 1.26. The van der Waals surface area contributed by atoms with Crippen LogP contribution in [0.4, 0.5) is 0 Å². The number of hydrogen-bond donors (Lipinski definition) is 0. The van der Waals surface area contributed by atoms with Crippen molar-refractivity contribution in [1.29, 1.82) is 0 Å². The van der Waals surface area contributed by atoms with Crippen molar-refractivity contribution in [3.63, 3.8) is 0 Å². The first-order chi connectivity index (χ1) is 5.70. The lowest BCUT2D eigenvalue weighted by Gasteiger charge is -2.09. The fourth-order valence-corrected chi connectivity index (χ4v) is 1.50. The molecule has 0 radical (unpaired) electrons. The van der Waals surface area contributed by atoms with E-state index in [9.17, 15) is 9.90 Å². The zero-order valence-electron chi connectivity index (χ0n) is 6.37. The highest BCUT2D eigenvalue weighted by molar-refractivity contribution is 9.09. The van der Waals surface area contributed by atoms with Crippen molar-refractivity contribution in [1.82, 2.24) is 0 Å². The molecule has 0 unspecified atom stereocenters. The van der Waals surface area contributed by atoms with Gasteiger partial charge in [0.25, 0.3) is 0 Å². The van der Waals surface area contributed by atoms with Gasteiger partial charge >= 0.3 is 0 Å². The Kier molecular flexibility index (Phi) is 3.29. The molecule has 1 rings (SSSR count). The molecule has 0 bridgehead atoms. The van der Waals surface area contributed by atoms with Gasteiger partial charge in [0, 0.05) is 17.2 Å². The van der Waals surface area contributed by atoms with Gasteiger partial charge in [-0.2, -0.15) is 0 Å². The highest BCUT2D eigenvalue weighted by Gasteiger charge is 2.05. The Balaban J connectivity index is 2.65. The van der Waals surface area contributed by atoms with E-state index in [2.05, 4.69) is 15.9 Å². The third kappa shape index (κ3) is 2.66. The number of carboxylic acid groups (broad SMARTS) is 1. The number of aliphatic carboxylic acids is 1. The molecule has 0 fully saturated rings. The molecule has 0 heterocycles. The zero-order chi connectivity index (χ0) is 8.97. The van der Waals surface area contributed by atoms with Crippen molar-refractivity contribution in [3.05, 3.63) is 35.9 Å². The number of benzene rings is 1. The van der Waals surface area contributed by atoms with Crippen LogP contribution in [0.5, 0.6) is 0 Å². The third-order valence-corrected chi connectivity index (χ3v) is 2.36. The molecule has 0 aliphatic heterocycles. The van der Waals surface area contributed by atoms with Gasteiger partial charge in [-0.1, -0.05) is 46.3 Å². The summed E-state index contributed by atoms with van der Waals surface area (Å²) >= 11 is 3.27. The molecule has 1 atom stereocenters. The molecular formula is C9H8BrO2-. The second-order valence-corrected chi connectivity index (χ2v) is 3.56. The highest BCUT2D eigenvalue weighted by atomic mass is 79.9. The van der Waals surface area contributed by atoms with E-state index in [4.69, 9.17) is 0 Å². The Morgan fingerprint density at radius 3 is 2.50 bits per heavy atom. The van der Waals surface area contributed by atoms with Crippen LogP contribution in [-0.4, -0.2) is 5.97 Å². The van der Waals surface area contributed by atoms with Gasteiger partial charge in [-0.05, 0) is 5.56 Å². The van der Waals surface area contributed by atoms with E-state index in [0.717, 1.165) is 5.56 Å².